The van der Waals surface area contributed by atoms with Crippen LogP contribution in [0.4, 0.5) is 18.0 Å². The van der Waals surface area contributed by atoms with Crippen LogP contribution in [-0.2, 0) is 9.53 Å². The van der Waals surface area contributed by atoms with E-state index in [4.69, 9.17) is 5.11 Å². The molecule has 1 unspecified atom stereocenters. The fourth-order valence-electron chi connectivity index (χ4n) is 1.81. The average Bonchev–Trinajstić information content (AvgIpc) is 2.49. The number of nitrogens with zero attached hydrogens (tertiary/aromatic N) is 1. The standard InChI is InChI=1S/C10H14F3NO4/c11-10(12,13)6-18-9(17)14-5-3-1-2-4-7(14)8(15)16/h7H,1-6H2,(H,15,16). The molecular formula is C10H14F3NO4. The number of rotatable bonds is 2. The molecule has 1 saturated heterocycles. The van der Waals surface area contributed by atoms with Crippen LogP contribution in [0.15, 0.2) is 0 Å². The van der Waals surface area contributed by atoms with Crippen molar-refractivity contribution in [2.75, 3.05) is 13.2 Å². The van der Waals surface area contributed by atoms with E-state index in [9.17, 15) is 22.8 Å². The molecule has 1 aliphatic rings. The summed E-state index contributed by atoms with van der Waals surface area (Å²) in [4.78, 5) is 23.3. The Bertz CT molecular complexity index is 319. The van der Waals surface area contributed by atoms with Crippen LogP contribution < -0.4 is 0 Å². The summed E-state index contributed by atoms with van der Waals surface area (Å²) >= 11 is 0. The summed E-state index contributed by atoms with van der Waals surface area (Å²) in [5.74, 6) is -1.22. The molecule has 1 fully saturated rings. The van der Waals surface area contributed by atoms with Gasteiger partial charge in [0.1, 0.15) is 6.04 Å². The zero-order valence-corrected chi connectivity index (χ0v) is 9.57. The lowest BCUT2D eigenvalue weighted by Gasteiger charge is -2.26. The van der Waals surface area contributed by atoms with Gasteiger partial charge in [0.15, 0.2) is 6.61 Å². The smallest absolute Gasteiger partial charge is 0.422 e. The van der Waals surface area contributed by atoms with Crippen molar-refractivity contribution in [3.8, 4) is 0 Å². The Morgan fingerprint density at radius 3 is 2.50 bits per heavy atom. The molecule has 1 amide bonds. The summed E-state index contributed by atoms with van der Waals surface area (Å²) in [7, 11) is 0. The van der Waals surface area contributed by atoms with Gasteiger partial charge in [-0.05, 0) is 12.8 Å². The van der Waals surface area contributed by atoms with E-state index in [0.29, 0.717) is 12.8 Å². The highest BCUT2D eigenvalue weighted by atomic mass is 19.4. The Morgan fingerprint density at radius 1 is 1.28 bits per heavy atom. The minimum atomic E-state index is -4.61. The first-order valence-electron chi connectivity index (χ1n) is 5.54. The van der Waals surface area contributed by atoms with Crippen LogP contribution in [0.5, 0.6) is 0 Å². The van der Waals surface area contributed by atoms with E-state index in [1.54, 1.807) is 0 Å². The number of aliphatic carboxylic acids is 1. The van der Waals surface area contributed by atoms with Crippen molar-refractivity contribution in [2.24, 2.45) is 0 Å². The van der Waals surface area contributed by atoms with Crippen LogP contribution in [0.1, 0.15) is 25.7 Å². The first kappa shape index (κ1) is 14.6. The molecular weight excluding hydrogens is 255 g/mol. The van der Waals surface area contributed by atoms with Crippen molar-refractivity contribution in [3.05, 3.63) is 0 Å². The summed E-state index contributed by atoms with van der Waals surface area (Å²) in [6.07, 6.45) is -3.67. The number of carbonyl (C=O) groups excluding carboxylic acids is 1. The quantitative estimate of drug-likeness (QED) is 0.832. The summed E-state index contributed by atoms with van der Waals surface area (Å²) in [5, 5.41) is 8.94. The number of hydrogen-bond donors (Lipinski definition) is 1. The molecule has 1 aliphatic heterocycles. The number of alkyl halides is 3. The maximum atomic E-state index is 11.9. The zero-order chi connectivity index (χ0) is 13.8. The average molecular weight is 269 g/mol. The van der Waals surface area contributed by atoms with Gasteiger partial charge in [-0.3, -0.25) is 4.90 Å². The predicted molar refractivity (Wildman–Crippen MR) is 54.0 cm³/mol. The largest absolute Gasteiger partial charge is 0.480 e. The summed E-state index contributed by atoms with van der Waals surface area (Å²) in [6, 6.07) is -1.10. The number of hydrogen-bond acceptors (Lipinski definition) is 3. The second-order valence-corrected chi connectivity index (χ2v) is 4.07. The van der Waals surface area contributed by atoms with Crippen LogP contribution in [-0.4, -0.2) is 47.4 Å². The first-order chi connectivity index (χ1) is 8.31. The van der Waals surface area contributed by atoms with Crippen LogP contribution >= 0.6 is 0 Å². The second kappa shape index (κ2) is 5.92. The van der Waals surface area contributed by atoms with Gasteiger partial charge in [-0.25, -0.2) is 9.59 Å². The third kappa shape index (κ3) is 4.42. The summed E-state index contributed by atoms with van der Waals surface area (Å²) in [5.41, 5.74) is 0. The van der Waals surface area contributed by atoms with E-state index in [1.165, 1.54) is 0 Å². The Kier molecular flexibility index (Phi) is 4.80. The van der Waals surface area contributed by atoms with Gasteiger partial charge in [-0.2, -0.15) is 13.2 Å². The molecule has 0 radical (unpaired) electrons. The van der Waals surface area contributed by atoms with E-state index in [2.05, 4.69) is 4.74 Å². The van der Waals surface area contributed by atoms with Crippen LogP contribution in [0.2, 0.25) is 0 Å². The van der Waals surface area contributed by atoms with Gasteiger partial charge in [0, 0.05) is 6.54 Å². The van der Waals surface area contributed by atoms with Crippen molar-refractivity contribution in [2.45, 2.75) is 37.9 Å². The normalized spacial score (nSPS) is 21.3. The van der Waals surface area contributed by atoms with Gasteiger partial charge in [0.25, 0.3) is 0 Å². The molecule has 0 aromatic heterocycles. The molecule has 0 saturated carbocycles. The third-order valence-electron chi connectivity index (χ3n) is 2.63. The molecule has 0 aromatic carbocycles. The Labute approximate surface area is 102 Å². The number of amides is 1. The van der Waals surface area contributed by atoms with Gasteiger partial charge in [-0.15, -0.1) is 0 Å². The van der Waals surface area contributed by atoms with Crippen molar-refractivity contribution in [1.82, 2.24) is 4.90 Å². The molecule has 8 heteroatoms. The highest BCUT2D eigenvalue weighted by Crippen LogP contribution is 2.20. The monoisotopic (exact) mass is 269 g/mol. The number of carboxylic acid groups (broad SMARTS) is 1. The highest BCUT2D eigenvalue weighted by Gasteiger charge is 2.35. The molecule has 0 spiro atoms. The Morgan fingerprint density at radius 2 is 1.94 bits per heavy atom. The molecule has 1 N–H and O–H groups in total. The van der Waals surface area contributed by atoms with Crippen molar-refractivity contribution in [3.63, 3.8) is 0 Å². The van der Waals surface area contributed by atoms with Crippen molar-refractivity contribution < 1.29 is 32.6 Å². The van der Waals surface area contributed by atoms with Gasteiger partial charge in [0.05, 0.1) is 0 Å². The van der Waals surface area contributed by atoms with E-state index in [0.717, 1.165) is 11.3 Å². The third-order valence-corrected chi connectivity index (χ3v) is 2.63. The molecule has 18 heavy (non-hydrogen) atoms. The van der Waals surface area contributed by atoms with Crippen molar-refractivity contribution in [1.29, 1.82) is 0 Å². The molecule has 1 atom stereocenters. The fraction of sp³-hybridized carbons (Fsp3) is 0.800. The van der Waals surface area contributed by atoms with Crippen LogP contribution in [0.25, 0.3) is 0 Å². The zero-order valence-electron chi connectivity index (χ0n) is 9.57. The number of carbonyl (C=O) groups is 2. The minimum Gasteiger partial charge on any atom is -0.480 e. The van der Waals surface area contributed by atoms with Crippen LogP contribution in [0, 0.1) is 0 Å². The van der Waals surface area contributed by atoms with Gasteiger partial charge in [-0.1, -0.05) is 12.8 Å². The fourth-order valence-corrected chi connectivity index (χ4v) is 1.81. The molecule has 0 aliphatic carbocycles. The molecule has 104 valence electrons. The Balaban J connectivity index is 2.64. The number of halogens is 3. The van der Waals surface area contributed by atoms with E-state index < -0.39 is 30.9 Å². The van der Waals surface area contributed by atoms with Gasteiger partial charge < -0.3 is 9.84 Å². The van der Waals surface area contributed by atoms with E-state index in [-0.39, 0.29) is 13.0 Å². The lowest BCUT2D eigenvalue weighted by atomic mass is 10.1. The number of ether oxygens (including phenoxy) is 1. The molecule has 1 heterocycles. The van der Waals surface area contributed by atoms with Crippen LogP contribution in [0.3, 0.4) is 0 Å². The lowest BCUT2D eigenvalue weighted by molar-refractivity contribution is -0.163. The van der Waals surface area contributed by atoms with E-state index in [1.807, 2.05) is 0 Å². The minimum absolute atomic E-state index is 0.105. The van der Waals surface area contributed by atoms with Gasteiger partial charge >= 0.3 is 18.2 Å². The first-order valence-corrected chi connectivity index (χ1v) is 5.54. The topological polar surface area (TPSA) is 66.8 Å². The summed E-state index contributed by atoms with van der Waals surface area (Å²) in [6.45, 7) is -1.59. The molecule has 0 bridgehead atoms. The second-order valence-electron chi connectivity index (χ2n) is 4.07. The highest BCUT2D eigenvalue weighted by molar-refractivity contribution is 5.80. The molecule has 1 rings (SSSR count). The van der Waals surface area contributed by atoms with Gasteiger partial charge in [0.2, 0.25) is 0 Å². The molecule has 0 aromatic rings. The number of likely N-dealkylation sites (tertiary alicyclic amines) is 1. The van der Waals surface area contributed by atoms with Crippen molar-refractivity contribution >= 4 is 12.1 Å². The summed E-state index contributed by atoms with van der Waals surface area (Å²) < 4.78 is 39.8. The molecule has 5 nitrogen and oxygen atoms in total. The van der Waals surface area contributed by atoms with E-state index >= 15 is 0 Å². The SMILES string of the molecule is O=C(O)C1CCCCCN1C(=O)OCC(F)(F)F. The predicted octanol–water partition coefficient (Wildman–Crippen LogP) is 2.01. The lowest BCUT2D eigenvalue weighted by Crippen LogP contribution is -2.45. The maximum absolute atomic E-state index is 11.9. The number of carboxylic acids is 1. The maximum Gasteiger partial charge on any atom is 0.422 e. The Hall–Kier alpha value is -1.47.